The van der Waals surface area contributed by atoms with Crippen molar-refractivity contribution in [3.63, 3.8) is 0 Å². The summed E-state index contributed by atoms with van der Waals surface area (Å²) in [6.45, 7) is 0.148. The van der Waals surface area contributed by atoms with Crippen LogP contribution in [0.5, 0.6) is 0 Å². The predicted octanol–water partition coefficient (Wildman–Crippen LogP) is 3.56. The molecule has 0 bridgehead atoms. The fourth-order valence-corrected chi connectivity index (χ4v) is 2.57. The molecule has 0 aliphatic heterocycles. The first-order valence-electron chi connectivity index (χ1n) is 6.51. The summed E-state index contributed by atoms with van der Waals surface area (Å²) in [5.41, 5.74) is 1.06. The van der Waals surface area contributed by atoms with Crippen molar-refractivity contribution < 1.29 is 18.3 Å². The van der Waals surface area contributed by atoms with Crippen molar-refractivity contribution in [3.05, 3.63) is 29.6 Å². The molecule has 1 aliphatic rings. The highest BCUT2D eigenvalue weighted by Gasteiger charge is 2.35. The molecule has 106 valence electrons. The molecule has 1 atom stereocenters. The van der Waals surface area contributed by atoms with Gasteiger partial charge in [0, 0.05) is 30.6 Å². The van der Waals surface area contributed by atoms with Gasteiger partial charge in [-0.15, -0.1) is 0 Å². The molecule has 2 nitrogen and oxygen atoms in total. The van der Waals surface area contributed by atoms with Gasteiger partial charge >= 0.3 is 0 Å². The maximum absolute atomic E-state index is 13.3. The van der Waals surface area contributed by atoms with Gasteiger partial charge in [-0.2, -0.15) is 0 Å². The fourth-order valence-electron chi connectivity index (χ4n) is 2.57. The third kappa shape index (κ3) is 3.86. The standard InChI is InChI=1S/C14H18F3NO/c15-12-3-4-13(11(6-12)9-19)18-8-10-2-1-5-14(16,17)7-10/h3-4,6,10,18-19H,1-2,5,7-9H2. The molecule has 1 aliphatic carbocycles. The highest BCUT2D eigenvalue weighted by Crippen LogP contribution is 2.36. The van der Waals surface area contributed by atoms with Crippen molar-refractivity contribution in [3.8, 4) is 0 Å². The molecule has 0 aromatic heterocycles. The molecule has 2 N–H and O–H groups in total. The molecule has 1 saturated carbocycles. The monoisotopic (exact) mass is 273 g/mol. The lowest BCUT2D eigenvalue weighted by Gasteiger charge is -2.29. The zero-order valence-corrected chi connectivity index (χ0v) is 10.6. The van der Waals surface area contributed by atoms with Gasteiger partial charge in [-0.25, -0.2) is 13.2 Å². The van der Waals surface area contributed by atoms with Gasteiger partial charge in [0.15, 0.2) is 0 Å². The zero-order valence-electron chi connectivity index (χ0n) is 10.6. The first-order chi connectivity index (χ1) is 9.00. The number of benzene rings is 1. The summed E-state index contributed by atoms with van der Waals surface area (Å²) in [6.07, 6.45) is 1.19. The Labute approximate surface area is 110 Å². The predicted molar refractivity (Wildman–Crippen MR) is 67.7 cm³/mol. The number of hydrogen-bond donors (Lipinski definition) is 2. The number of halogens is 3. The van der Waals surface area contributed by atoms with Crippen LogP contribution < -0.4 is 5.32 Å². The summed E-state index contributed by atoms with van der Waals surface area (Å²) in [5.74, 6) is -3.06. The number of alkyl halides is 2. The Morgan fingerprint density at radius 2 is 2.16 bits per heavy atom. The van der Waals surface area contributed by atoms with E-state index in [-0.39, 0.29) is 25.4 Å². The van der Waals surface area contributed by atoms with Crippen LogP contribution in [0.4, 0.5) is 18.9 Å². The second-order valence-electron chi connectivity index (χ2n) is 5.16. The lowest BCUT2D eigenvalue weighted by molar-refractivity contribution is -0.0502. The minimum atomic E-state index is -2.56. The molecule has 5 heteroatoms. The van der Waals surface area contributed by atoms with Crippen LogP contribution in [0.25, 0.3) is 0 Å². The van der Waals surface area contributed by atoms with Crippen LogP contribution in [-0.4, -0.2) is 17.6 Å². The summed E-state index contributed by atoms with van der Waals surface area (Å²) < 4.78 is 39.5. The summed E-state index contributed by atoms with van der Waals surface area (Å²) in [4.78, 5) is 0. The average Bonchev–Trinajstić information content (AvgIpc) is 2.36. The van der Waals surface area contributed by atoms with Gasteiger partial charge in [0.2, 0.25) is 5.92 Å². The number of anilines is 1. The average molecular weight is 273 g/mol. The van der Waals surface area contributed by atoms with Gasteiger partial charge < -0.3 is 10.4 Å². The lowest BCUT2D eigenvalue weighted by atomic mass is 9.86. The third-order valence-electron chi connectivity index (χ3n) is 3.56. The number of nitrogens with one attached hydrogen (secondary N) is 1. The van der Waals surface area contributed by atoms with Crippen molar-refractivity contribution in [2.75, 3.05) is 11.9 Å². The van der Waals surface area contributed by atoms with E-state index in [2.05, 4.69) is 5.32 Å². The highest BCUT2D eigenvalue weighted by molar-refractivity contribution is 5.51. The first kappa shape index (κ1) is 14.2. The van der Waals surface area contributed by atoms with Crippen LogP contribution in [0.1, 0.15) is 31.2 Å². The Hall–Kier alpha value is -1.23. The Balaban J connectivity index is 1.95. The highest BCUT2D eigenvalue weighted by atomic mass is 19.3. The third-order valence-corrected chi connectivity index (χ3v) is 3.56. The van der Waals surface area contributed by atoms with Crippen LogP contribution in [0.3, 0.4) is 0 Å². The fraction of sp³-hybridized carbons (Fsp3) is 0.571. The molecular weight excluding hydrogens is 255 g/mol. The molecule has 1 aromatic carbocycles. The largest absolute Gasteiger partial charge is 0.392 e. The maximum Gasteiger partial charge on any atom is 0.248 e. The van der Waals surface area contributed by atoms with Gasteiger partial charge in [-0.1, -0.05) is 0 Å². The van der Waals surface area contributed by atoms with E-state index < -0.39 is 11.7 Å². The normalized spacial score (nSPS) is 22.2. The van der Waals surface area contributed by atoms with Crippen molar-refractivity contribution >= 4 is 5.69 Å². The van der Waals surface area contributed by atoms with E-state index in [1.165, 1.54) is 18.2 Å². The Kier molecular flexibility index (Phi) is 4.34. The second-order valence-corrected chi connectivity index (χ2v) is 5.16. The van der Waals surface area contributed by atoms with E-state index in [1.807, 2.05) is 0 Å². The van der Waals surface area contributed by atoms with Gasteiger partial charge in [0.05, 0.1) is 6.61 Å². The lowest BCUT2D eigenvalue weighted by Crippen LogP contribution is -2.30. The smallest absolute Gasteiger partial charge is 0.248 e. The summed E-state index contributed by atoms with van der Waals surface area (Å²) in [6, 6.07) is 4.07. The van der Waals surface area contributed by atoms with E-state index in [1.54, 1.807) is 0 Å². The summed E-state index contributed by atoms with van der Waals surface area (Å²) >= 11 is 0. The van der Waals surface area contributed by atoms with Crippen LogP contribution in [0, 0.1) is 11.7 Å². The van der Waals surface area contributed by atoms with E-state index >= 15 is 0 Å². The number of rotatable bonds is 4. The molecule has 0 amide bonds. The molecule has 0 heterocycles. The summed E-state index contributed by atoms with van der Waals surface area (Å²) in [5, 5.41) is 12.2. The molecule has 1 fully saturated rings. The SMILES string of the molecule is OCc1cc(F)ccc1NCC1CCCC(F)(F)C1. The topological polar surface area (TPSA) is 32.3 Å². The molecule has 1 aromatic rings. The minimum Gasteiger partial charge on any atom is -0.392 e. The minimum absolute atomic E-state index is 0.0259. The van der Waals surface area contributed by atoms with E-state index in [4.69, 9.17) is 5.11 Å². The molecule has 19 heavy (non-hydrogen) atoms. The number of aliphatic hydroxyl groups excluding tert-OH is 1. The van der Waals surface area contributed by atoms with Crippen molar-refractivity contribution in [1.82, 2.24) is 0 Å². The molecule has 0 saturated heterocycles. The van der Waals surface area contributed by atoms with Gasteiger partial charge in [0.25, 0.3) is 0 Å². The van der Waals surface area contributed by atoms with Crippen LogP contribution in [-0.2, 0) is 6.61 Å². The van der Waals surface area contributed by atoms with Gasteiger partial charge in [0.1, 0.15) is 5.82 Å². The number of aliphatic hydroxyl groups is 1. The molecule has 1 unspecified atom stereocenters. The van der Waals surface area contributed by atoms with E-state index in [0.29, 0.717) is 24.2 Å². The van der Waals surface area contributed by atoms with Crippen molar-refractivity contribution in [2.24, 2.45) is 5.92 Å². The molecular formula is C14H18F3NO. The number of hydrogen-bond acceptors (Lipinski definition) is 2. The van der Waals surface area contributed by atoms with Crippen molar-refractivity contribution in [2.45, 2.75) is 38.2 Å². The van der Waals surface area contributed by atoms with Gasteiger partial charge in [-0.3, -0.25) is 0 Å². The molecule has 0 spiro atoms. The quantitative estimate of drug-likeness (QED) is 0.879. The second kappa shape index (κ2) is 5.82. The zero-order chi connectivity index (χ0) is 13.9. The van der Waals surface area contributed by atoms with Crippen LogP contribution in [0.2, 0.25) is 0 Å². The summed E-state index contributed by atoms with van der Waals surface area (Å²) in [7, 11) is 0. The molecule has 2 rings (SSSR count). The van der Waals surface area contributed by atoms with E-state index in [9.17, 15) is 13.2 Å². The van der Waals surface area contributed by atoms with E-state index in [0.717, 1.165) is 6.42 Å². The Bertz CT molecular complexity index is 437. The maximum atomic E-state index is 13.3. The Morgan fingerprint density at radius 3 is 2.84 bits per heavy atom. The van der Waals surface area contributed by atoms with Crippen LogP contribution >= 0.6 is 0 Å². The van der Waals surface area contributed by atoms with Gasteiger partial charge in [-0.05, 0) is 37.0 Å². The van der Waals surface area contributed by atoms with Crippen LogP contribution in [0.15, 0.2) is 18.2 Å². The molecule has 0 radical (unpaired) electrons. The van der Waals surface area contributed by atoms with Crippen molar-refractivity contribution in [1.29, 1.82) is 0 Å². The first-order valence-corrected chi connectivity index (χ1v) is 6.51. The Morgan fingerprint density at radius 1 is 1.37 bits per heavy atom.